The fourth-order valence-electron chi connectivity index (χ4n) is 3.18. The maximum absolute atomic E-state index is 12.7. The van der Waals surface area contributed by atoms with Gasteiger partial charge in [0.05, 0.1) is 31.1 Å². The van der Waals surface area contributed by atoms with Gasteiger partial charge in [-0.1, -0.05) is 41.9 Å². The first-order valence-electron chi connectivity index (χ1n) is 8.14. The van der Waals surface area contributed by atoms with Gasteiger partial charge in [0.2, 0.25) is 10.0 Å². The maximum Gasteiger partial charge on any atom is 0.243 e. The lowest BCUT2D eigenvalue weighted by Gasteiger charge is -2.35. The molecule has 2 aromatic carbocycles. The van der Waals surface area contributed by atoms with Crippen molar-refractivity contribution in [2.24, 2.45) is 0 Å². The molecule has 2 aromatic rings. The number of sulfonamides is 1. The molecule has 0 unspecified atom stereocenters. The van der Waals surface area contributed by atoms with Crippen molar-refractivity contribution in [3.63, 3.8) is 0 Å². The van der Waals surface area contributed by atoms with Gasteiger partial charge in [-0.05, 0) is 31.2 Å². The number of hydrogen-bond donors (Lipinski definition) is 1. The van der Waals surface area contributed by atoms with Crippen LogP contribution in [0.3, 0.4) is 0 Å². The first-order chi connectivity index (χ1) is 11.5. The van der Waals surface area contributed by atoms with Gasteiger partial charge in [-0.2, -0.15) is 4.31 Å². The first-order valence-corrected chi connectivity index (χ1v) is 9.95. The molecular weight excluding hydrogens is 344 g/mol. The molecule has 24 heavy (non-hydrogen) atoms. The zero-order chi connectivity index (χ0) is 17.2. The van der Waals surface area contributed by atoms with Gasteiger partial charge in [0.15, 0.2) is 0 Å². The molecule has 3 rings (SSSR count). The van der Waals surface area contributed by atoms with Gasteiger partial charge in [-0.3, -0.25) is 0 Å². The van der Waals surface area contributed by atoms with Crippen LogP contribution < -0.4 is 4.90 Å². The van der Waals surface area contributed by atoms with Crippen molar-refractivity contribution in [1.82, 2.24) is 4.31 Å². The van der Waals surface area contributed by atoms with Gasteiger partial charge in [0.25, 0.3) is 0 Å². The Balaban J connectivity index is 1.67. The standard InChI is InChI=1S/C18H21ClN2O2S/c1-15(16-5-3-2-4-6-16)20-11-13-21(14-12-20)24(22,23)18-9-7-17(19)8-10-18/h2-10,15H,11-14H2,1H3/p+1/t15-/m1/s1. The molecule has 1 aliphatic rings. The van der Waals surface area contributed by atoms with Gasteiger partial charge in [-0.25, -0.2) is 8.42 Å². The molecule has 1 saturated heterocycles. The molecule has 0 aromatic heterocycles. The van der Waals surface area contributed by atoms with Crippen molar-refractivity contribution < 1.29 is 13.3 Å². The second kappa shape index (κ2) is 7.23. The predicted molar refractivity (Wildman–Crippen MR) is 95.8 cm³/mol. The topological polar surface area (TPSA) is 41.8 Å². The number of benzene rings is 2. The zero-order valence-corrected chi connectivity index (χ0v) is 15.2. The van der Waals surface area contributed by atoms with E-state index in [9.17, 15) is 8.42 Å². The molecule has 1 atom stereocenters. The molecule has 0 amide bonds. The van der Waals surface area contributed by atoms with Crippen molar-refractivity contribution >= 4 is 21.6 Å². The summed E-state index contributed by atoms with van der Waals surface area (Å²) in [6.07, 6.45) is 0. The van der Waals surface area contributed by atoms with Gasteiger partial charge in [0, 0.05) is 10.6 Å². The smallest absolute Gasteiger partial charge is 0.243 e. The van der Waals surface area contributed by atoms with Gasteiger partial charge >= 0.3 is 0 Å². The van der Waals surface area contributed by atoms with E-state index in [1.807, 2.05) is 18.2 Å². The van der Waals surface area contributed by atoms with Crippen LogP contribution in [0.25, 0.3) is 0 Å². The lowest BCUT2D eigenvalue weighted by molar-refractivity contribution is -0.933. The summed E-state index contributed by atoms with van der Waals surface area (Å²) < 4.78 is 27.0. The lowest BCUT2D eigenvalue weighted by atomic mass is 10.1. The maximum atomic E-state index is 12.7. The Labute approximate surface area is 148 Å². The Hall–Kier alpha value is -1.40. The Bertz CT molecular complexity index is 770. The number of piperazine rings is 1. The van der Waals surface area contributed by atoms with E-state index in [1.165, 1.54) is 10.5 Å². The van der Waals surface area contributed by atoms with Crippen molar-refractivity contribution in [2.45, 2.75) is 17.9 Å². The summed E-state index contributed by atoms with van der Waals surface area (Å²) in [5.41, 5.74) is 1.29. The highest BCUT2D eigenvalue weighted by Gasteiger charge is 2.32. The first kappa shape index (κ1) is 17.4. The number of rotatable bonds is 4. The van der Waals surface area contributed by atoms with Crippen LogP contribution in [0.1, 0.15) is 18.5 Å². The minimum absolute atomic E-state index is 0.312. The second-order valence-corrected chi connectivity index (χ2v) is 8.52. The number of quaternary nitrogens is 1. The molecule has 4 nitrogen and oxygen atoms in total. The quantitative estimate of drug-likeness (QED) is 0.900. The number of halogens is 1. The predicted octanol–water partition coefficient (Wildman–Crippen LogP) is 1.99. The van der Waals surface area contributed by atoms with E-state index in [0.717, 1.165) is 13.1 Å². The molecule has 0 aliphatic carbocycles. The third-order valence-corrected chi connectivity index (χ3v) is 6.89. The molecule has 0 spiro atoms. The molecular formula is C18H22ClN2O2S+. The van der Waals surface area contributed by atoms with E-state index in [2.05, 4.69) is 19.1 Å². The van der Waals surface area contributed by atoms with Gasteiger partial charge in [0.1, 0.15) is 6.04 Å². The highest BCUT2D eigenvalue weighted by atomic mass is 35.5. The van der Waals surface area contributed by atoms with Crippen molar-refractivity contribution in [2.75, 3.05) is 26.2 Å². The normalized spacial score (nSPS) is 18.4. The highest BCUT2D eigenvalue weighted by Crippen LogP contribution is 2.18. The largest absolute Gasteiger partial charge is 0.327 e. The Morgan fingerprint density at radius 1 is 1.00 bits per heavy atom. The summed E-state index contributed by atoms with van der Waals surface area (Å²) in [5.74, 6) is 0. The average molecular weight is 366 g/mol. The highest BCUT2D eigenvalue weighted by molar-refractivity contribution is 7.89. The zero-order valence-electron chi connectivity index (χ0n) is 13.7. The summed E-state index contributed by atoms with van der Waals surface area (Å²) in [7, 11) is -3.43. The van der Waals surface area contributed by atoms with Crippen LogP contribution in [0, 0.1) is 0 Å². The Morgan fingerprint density at radius 3 is 2.17 bits per heavy atom. The lowest BCUT2D eigenvalue weighted by Crippen LogP contribution is -3.14. The second-order valence-electron chi connectivity index (χ2n) is 6.15. The van der Waals surface area contributed by atoms with Crippen molar-refractivity contribution in [1.29, 1.82) is 0 Å². The van der Waals surface area contributed by atoms with Crippen LogP contribution in [0.2, 0.25) is 5.02 Å². The van der Waals surface area contributed by atoms with Crippen molar-refractivity contribution in [3.05, 3.63) is 65.2 Å². The monoisotopic (exact) mass is 365 g/mol. The molecule has 0 bridgehead atoms. The fourth-order valence-corrected chi connectivity index (χ4v) is 4.75. The fraction of sp³-hybridized carbons (Fsp3) is 0.333. The van der Waals surface area contributed by atoms with E-state index in [1.54, 1.807) is 28.6 Å². The molecule has 128 valence electrons. The van der Waals surface area contributed by atoms with Gasteiger partial charge in [-0.15, -0.1) is 0 Å². The molecule has 1 heterocycles. The Kier molecular flexibility index (Phi) is 5.25. The molecule has 1 aliphatic heterocycles. The van der Waals surface area contributed by atoms with E-state index in [0.29, 0.717) is 29.0 Å². The van der Waals surface area contributed by atoms with Crippen LogP contribution in [0.4, 0.5) is 0 Å². The Morgan fingerprint density at radius 2 is 1.58 bits per heavy atom. The van der Waals surface area contributed by atoms with Crippen molar-refractivity contribution in [3.8, 4) is 0 Å². The van der Waals surface area contributed by atoms with Crippen LogP contribution in [0.15, 0.2) is 59.5 Å². The third-order valence-electron chi connectivity index (χ3n) is 4.73. The van der Waals surface area contributed by atoms with E-state index in [4.69, 9.17) is 11.6 Å². The minimum Gasteiger partial charge on any atom is -0.327 e. The summed E-state index contributed by atoms with van der Waals surface area (Å²) in [6, 6.07) is 17.1. The summed E-state index contributed by atoms with van der Waals surface area (Å²) in [5, 5.41) is 0.542. The number of nitrogens with one attached hydrogen (secondary N) is 1. The number of hydrogen-bond acceptors (Lipinski definition) is 2. The van der Waals surface area contributed by atoms with E-state index in [-0.39, 0.29) is 0 Å². The van der Waals surface area contributed by atoms with Crippen LogP contribution in [-0.2, 0) is 10.0 Å². The summed E-state index contributed by atoms with van der Waals surface area (Å²) >= 11 is 5.85. The SMILES string of the molecule is C[C@H](c1ccccc1)[NH+]1CCN(S(=O)(=O)c2ccc(Cl)cc2)CC1. The minimum atomic E-state index is -3.43. The molecule has 1 N–H and O–H groups in total. The average Bonchev–Trinajstić information content (AvgIpc) is 2.62. The molecule has 0 radical (unpaired) electrons. The number of nitrogens with zero attached hydrogens (tertiary/aromatic N) is 1. The third kappa shape index (κ3) is 3.64. The molecule has 1 fully saturated rings. The molecule has 6 heteroatoms. The van der Waals surface area contributed by atoms with E-state index < -0.39 is 10.0 Å². The van der Waals surface area contributed by atoms with Crippen LogP contribution in [-0.4, -0.2) is 38.9 Å². The van der Waals surface area contributed by atoms with E-state index >= 15 is 0 Å². The van der Waals surface area contributed by atoms with Gasteiger partial charge < -0.3 is 4.90 Å². The molecule has 0 saturated carbocycles. The summed E-state index contributed by atoms with van der Waals surface area (Å²) in [6.45, 7) is 4.90. The van der Waals surface area contributed by atoms with Crippen LogP contribution >= 0.6 is 11.6 Å². The summed E-state index contributed by atoms with van der Waals surface area (Å²) in [4.78, 5) is 1.73. The van der Waals surface area contributed by atoms with Crippen LogP contribution in [0.5, 0.6) is 0 Å².